The molecule has 1 aliphatic carbocycles. The van der Waals surface area contributed by atoms with Crippen molar-refractivity contribution in [1.82, 2.24) is 0 Å². The summed E-state index contributed by atoms with van der Waals surface area (Å²) in [5, 5.41) is 35.5. The van der Waals surface area contributed by atoms with E-state index >= 15 is 0 Å². The van der Waals surface area contributed by atoms with Gasteiger partial charge in [-0.05, 0) is 5.57 Å². The van der Waals surface area contributed by atoms with Crippen molar-refractivity contribution in [1.29, 1.82) is 0 Å². The van der Waals surface area contributed by atoms with Crippen molar-refractivity contribution in [3.63, 3.8) is 0 Å². The third kappa shape index (κ3) is 2.72. The lowest BCUT2D eigenvalue weighted by atomic mass is 9.95. The van der Waals surface area contributed by atoms with Crippen LogP contribution >= 0.6 is 0 Å². The molecular formula is C10H11NO5-2. The molecule has 0 unspecified atom stereocenters. The SMILES string of the molecule is CC(O)=[NH+][C-]1C=C([C-](O)O)[CH-]C=C1C(=O)O. The van der Waals surface area contributed by atoms with Crippen LogP contribution in [0, 0.1) is 18.8 Å². The monoisotopic (exact) mass is 225 g/mol. The summed E-state index contributed by atoms with van der Waals surface area (Å²) in [7, 11) is 0. The highest BCUT2D eigenvalue weighted by atomic mass is 16.5. The summed E-state index contributed by atoms with van der Waals surface area (Å²) in [4.78, 5) is 13.2. The van der Waals surface area contributed by atoms with Crippen LogP contribution in [0.3, 0.4) is 0 Å². The highest BCUT2D eigenvalue weighted by molar-refractivity contribution is 5.92. The number of hydrogen-bond acceptors (Lipinski definition) is 3. The average Bonchev–Trinajstić information content (AvgIpc) is 2.15. The summed E-state index contributed by atoms with van der Waals surface area (Å²) in [5.41, 5.74) is -0.0350. The molecule has 5 N–H and O–H groups in total. The number of carboxylic acids is 1. The maximum Gasteiger partial charge on any atom is 0.276 e. The van der Waals surface area contributed by atoms with E-state index in [1.807, 2.05) is 0 Å². The van der Waals surface area contributed by atoms with Crippen LogP contribution in [0.4, 0.5) is 0 Å². The number of aliphatic hydroxyl groups excluding tert-OH is 2. The average molecular weight is 225 g/mol. The molecule has 0 saturated carbocycles. The maximum atomic E-state index is 10.8. The van der Waals surface area contributed by atoms with E-state index in [0.29, 0.717) is 0 Å². The molecule has 0 aromatic heterocycles. The standard InChI is InChI=1S/C10H11NO5/c1-5(12)11-8-4-6(9(13)14)2-3-7(8)10(15)16/h2-4,11-14H,1H3,(H,15,16)/q-2. The number of hydrogen-bond donors (Lipinski definition) is 5. The molecule has 0 spiro atoms. The van der Waals surface area contributed by atoms with Gasteiger partial charge in [-0.15, -0.1) is 0 Å². The molecule has 0 aromatic carbocycles. The van der Waals surface area contributed by atoms with Gasteiger partial charge in [0.1, 0.15) is 0 Å². The van der Waals surface area contributed by atoms with Crippen LogP contribution in [0.25, 0.3) is 0 Å². The first-order valence-corrected chi connectivity index (χ1v) is 4.34. The summed E-state index contributed by atoms with van der Waals surface area (Å²) in [6, 6.07) is 0.0746. The van der Waals surface area contributed by atoms with Crippen LogP contribution in [0.1, 0.15) is 6.92 Å². The molecule has 0 fully saturated rings. The van der Waals surface area contributed by atoms with Crippen molar-refractivity contribution in [2.75, 3.05) is 0 Å². The third-order valence-corrected chi connectivity index (χ3v) is 1.82. The van der Waals surface area contributed by atoms with Crippen LogP contribution in [-0.4, -0.2) is 32.3 Å². The molecule has 0 aromatic rings. The van der Waals surface area contributed by atoms with Gasteiger partial charge < -0.3 is 32.4 Å². The molecule has 0 saturated heterocycles. The Hall–Kier alpha value is -2.05. The van der Waals surface area contributed by atoms with Crippen molar-refractivity contribution in [3.8, 4) is 0 Å². The Morgan fingerprint density at radius 1 is 1.50 bits per heavy atom. The van der Waals surface area contributed by atoms with Crippen LogP contribution in [0.2, 0.25) is 0 Å². The molecule has 0 radical (unpaired) electrons. The van der Waals surface area contributed by atoms with Gasteiger partial charge >= 0.3 is 0 Å². The lowest BCUT2D eigenvalue weighted by Gasteiger charge is -2.38. The Bertz CT molecular complexity index is 377. The zero-order valence-corrected chi connectivity index (χ0v) is 8.43. The van der Waals surface area contributed by atoms with Gasteiger partial charge in [0.15, 0.2) is 0 Å². The van der Waals surface area contributed by atoms with Gasteiger partial charge in [0.25, 0.3) is 11.9 Å². The summed E-state index contributed by atoms with van der Waals surface area (Å²) in [5.74, 6) is -1.38. The molecule has 0 heterocycles. The van der Waals surface area contributed by atoms with E-state index in [-0.39, 0.29) is 23.1 Å². The molecule has 1 rings (SSSR count). The van der Waals surface area contributed by atoms with Crippen LogP contribution in [-0.2, 0) is 4.79 Å². The van der Waals surface area contributed by atoms with Crippen molar-refractivity contribution in [3.05, 3.63) is 42.1 Å². The van der Waals surface area contributed by atoms with Crippen molar-refractivity contribution in [2.24, 2.45) is 0 Å². The fourth-order valence-electron chi connectivity index (χ4n) is 1.17. The predicted molar refractivity (Wildman–Crippen MR) is 52.7 cm³/mol. The Balaban J connectivity index is 3.02. The van der Waals surface area contributed by atoms with E-state index in [1.54, 1.807) is 0 Å². The normalized spacial score (nSPS) is 16.2. The summed E-state index contributed by atoms with van der Waals surface area (Å²) < 4.78 is 0. The van der Waals surface area contributed by atoms with E-state index in [2.05, 4.69) is 4.99 Å². The fraction of sp³-hybridized carbons (Fsp3) is 0.100. The number of aliphatic carboxylic acids is 1. The highest BCUT2D eigenvalue weighted by Gasteiger charge is 2.12. The van der Waals surface area contributed by atoms with E-state index in [4.69, 9.17) is 20.4 Å². The highest BCUT2D eigenvalue weighted by Crippen LogP contribution is 2.23. The molecule has 88 valence electrons. The van der Waals surface area contributed by atoms with E-state index in [1.165, 1.54) is 25.5 Å². The van der Waals surface area contributed by atoms with Crippen molar-refractivity contribution >= 4 is 11.9 Å². The van der Waals surface area contributed by atoms with Crippen molar-refractivity contribution < 1.29 is 30.2 Å². The molecule has 0 atom stereocenters. The zero-order valence-electron chi connectivity index (χ0n) is 8.43. The summed E-state index contributed by atoms with van der Waals surface area (Å²) >= 11 is 0. The second kappa shape index (κ2) is 4.65. The lowest BCUT2D eigenvalue weighted by molar-refractivity contribution is -0.435. The Morgan fingerprint density at radius 3 is 2.56 bits per heavy atom. The first kappa shape index (κ1) is 12.0. The van der Waals surface area contributed by atoms with Gasteiger partial charge in [-0.1, -0.05) is 6.29 Å². The molecule has 0 aliphatic heterocycles. The molecule has 16 heavy (non-hydrogen) atoms. The number of rotatable bonds is 3. The number of allylic oxidation sites excluding steroid dienone is 1. The number of carboxylic acid groups (broad SMARTS) is 1. The number of carbonyl (C=O) groups is 1. The predicted octanol–water partition coefficient (Wildman–Crippen LogP) is -1.03. The van der Waals surface area contributed by atoms with Crippen LogP contribution < -0.4 is 4.99 Å². The Labute approximate surface area is 91.9 Å². The van der Waals surface area contributed by atoms with Crippen molar-refractivity contribution in [2.45, 2.75) is 6.92 Å². The van der Waals surface area contributed by atoms with E-state index in [9.17, 15) is 4.79 Å². The van der Waals surface area contributed by atoms with Gasteiger partial charge in [0, 0.05) is 13.0 Å². The number of aliphatic hydroxyl groups is 3. The molecule has 0 amide bonds. The van der Waals surface area contributed by atoms with E-state index < -0.39 is 12.3 Å². The van der Waals surface area contributed by atoms with Gasteiger partial charge in [0.2, 0.25) is 0 Å². The van der Waals surface area contributed by atoms with Gasteiger partial charge in [0.05, 0.1) is 0 Å². The van der Waals surface area contributed by atoms with Gasteiger partial charge in [-0.25, -0.2) is 6.08 Å². The second-order valence-electron chi connectivity index (χ2n) is 3.10. The minimum atomic E-state index is -1.19. The van der Waals surface area contributed by atoms with Gasteiger partial charge in [-0.3, -0.25) is 15.9 Å². The first-order valence-electron chi connectivity index (χ1n) is 4.34. The molecule has 6 nitrogen and oxygen atoms in total. The Kier molecular flexibility index (Phi) is 3.49. The summed E-state index contributed by atoms with van der Waals surface area (Å²) in [6.07, 6.45) is 2.74. The topological polar surface area (TPSA) is 112 Å². The Morgan fingerprint density at radius 2 is 2.12 bits per heavy atom. The molecular weight excluding hydrogens is 214 g/mol. The molecule has 0 bridgehead atoms. The number of nitrogens with one attached hydrogen (secondary N) is 1. The zero-order chi connectivity index (χ0) is 12.3. The minimum absolute atomic E-state index is 0.0498. The van der Waals surface area contributed by atoms with Gasteiger partial charge in [-0.2, -0.15) is 0 Å². The largest absolute Gasteiger partial charge is 0.512 e. The molecule has 6 heteroatoms. The summed E-state index contributed by atoms with van der Waals surface area (Å²) in [6.45, 7) is 1.33. The lowest BCUT2D eigenvalue weighted by Crippen LogP contribution is -2.75. The quantitative estimate of drug-likeness (QED) is 0.239. The van der Waals surface area contributed by atoms with Crippen LogP contribution in [0.15, 0.2) is 23.3 Å². The van der Waals surface area contributed by atoms with Crippen LogP contribution in [0.5, 0.6) is 0 Å². The maximum absolute atomic E-state index is 10.8. The smallest absolute Gasteiger partial charge is 0.276 e. The van der Waals surface area contributed by atoms with E-state index in [0.717, 1.165) is 0 Å². The fourth-order valence-corrected chi connectivity index (χ4v) is 1.17. The third-order valence-electron chi connectivity index (χ3n) is 1.82. The molecule has 1 aliphatic rings. The first-order chi connectivity index (χ1) is 7.41. The second-order valence-corrected chi connectivity index (χ2v) is 3.10. The minimum Gasteiger partial charge on any atom is -0.512 e.